The van der Waals surface area contributed by atoms with Crippen molar-refractivity contribution in [3.8, 4) is 5.75 Å². The van der Waals surface area contributed by atoms with Crippen LogP contribution in [0.25, 0.3) is 0 Å². The fraction of sp³-hybridized carbons (Fsp3) is 0.409. The molecule has 0 atom stereocenters. The number of carbonyl (C=O) groups is 1. The maximum Gasteiger partial charge on any atom is 0.222 e. The van der Waals surface area contributed by atoms with E-state index >= 15 is 0 Å². The number of nitrogens with zero attached hydrogens (tertiary/aromatic N) is 2. The summed E-state index contributed by atoms with van der Waals surface area (Å²) >= 11 is 0. The summed E-state index contributed by atoms with van der Waals surface area (Å²) < 4.78 is 18.5. The zero-order valence-corrected chi connectivity index (χ0v) is 15.5. The lowest BCUT2D eigenvalue weighted by Crippen LogP contribution is -2.48. The topological polar surface area (TPSA) is 32.8 Å². The Kier molecular flexibility index (Phi) is 5.39. The molecule has 0 unspecified atom stereocenters. The lowest BCUT2D eigenvalue weighted by atomic mass is 10.1. The Bertz CT molecular complexity index is 798. The summed E-state index contributed by atoms with van der Waals surface area (Å²) in [4.78, 5) is 16.8. The highest BCUT2D eigenvalue weighted by Crippen LogP contribution is 2.26. The van der Waals surface area contributed by atoms with Crippen LogP contribution in [-0.4, -0.2) is 48.5 Å². The van der Waals surface area contributed by atoms with Crippen LogP contribution in [0.15, 0.2) is 42.5 Å². The maximum absolute atomic E-state index is 12.9. The molecule has 2 aliphatic rings. The number of halogens is 1. The molecule has 1 amide bonds. The number of rotatable bonds is 5. The van der Waals surface area contributed by atoms with Crippen LogP contribution in [0.2, 0.25) is 0 Å². The molecule has 5 heteroatoms. The smallest absolute Gasteiger partial charge is 0.222 e. The Morgan fingerprint density at radius 2 is 1.74 bits per heavy atom. The highest BCUT2D eigenvalue weighted by molar-refractivity contribution is 5.76. The SMILES string of the molecule is O=C(CCc1ccc(F)cc1)N1CCN(Cc2ccc3c(c2)CCO3)CC1. The predicted octanol–water partition coefficient (Wildman–Crippen LogP) is 3.04. The number of piperazine rings is 1. The first-order valence-electron chi connectivity index (χ1n) is 9.66. The molecule has 2 heterocycles. The van der Waals surface area contributed by atoms with Gasteiger partial charge >= 0.3 is 0 Å². The van der Waals surface area contributed by atoms with Gasteiger partial charge in [-0.1, -0.05) is 24.3 Å². The van der Waals surface area contributed by atoms with Gasteiger partial charge in [0.15, 0.2) is 0 Å². The van der Waals surface area contributed by atoms with Crippen molar-refractivity contribution in [3.05, 3.63) is 65.0 Å². The van der Waals surface area contributed by atoms with Crippen molar-refractivity contribution in [2.24, 2.45) is 0 Å². The molecule has 0 N–H and O–H groups in total. The van der Waals surface area contributed by atoms with Gasteiger partial charge in [0.25, 0.3) is 0 Å². The number of fused-ring (bicyclic) bond motifs is 1. The normalized spacial score (nSPS) is 16.9. The molecule has 0 saturated carbocycles. The standard InChI is InChI=1S/C22H25FN2O2/c23-20-5-1-17(2-6-20)4-8-22(26)25-12-10-24(11-13-25)16-18-3-7-21-19(15-18)9-14-27-21/h1-3,5-7,15H,4,8-14,16H2. The lowest BCUT2D eigenvalue weighted by Gasteiger charge is -2.35. The monoisotopic (exact) mass is 368 g/mol. The molecule has 142 valence electrons. The molecule has 2 aromatic carbocycles. The minimum atomic E-state index is -0.239. The van der Waals surface area contributed by atoms with E-state index in [1.165, 1.54) is 23.3 Å². The molecule has 4 rings (SSSR count). The Morgan fingerprint density at radius 1 is 1.00 bits per heavy atom. The third-order valence-electron chi connectivity index (χ3n) is 5.43. The maximum atomic E-state index is 12.9. The van der Waals surface area contributed by atoms with Gasteiger partial charge in [-0.3, -0.25) is 9.69 Å². The molecular weight excluding hydrogens is 343 g/mol. The van der Waals surface area contributed by atoms with Gasteiger partial charge in [-0.2, -0.15) is 0 Å². The number of benzene rings is 2. The highest BCUT2D eigenvalue weighted by atomic mass is 19.1. The number of amides is 1. The minimum absolute atomic E-state index is 0.189. The van der Waals surface area contributed by atoms with Crippen LogP contribution in [-0.2, 0) is 24.2 Å². The van der Waals surface area contributed by atoms with Gasteiger partial charge in [-0.15, -0.1) is 0 Å². The van der Waals surface area contributed by atoms with E-state index in [1.54, 1.807) is 12.1 Å². The number of hydrogen-bond acceptors (Lipinski definition) is 3. The molecule has 2 aliphatic heterocycles. The Labute approximate surface area is 159 Å². The average molecular weight is 368 g/mol. The highest BCUT2D eigenvalue weighted by Gasteiger charge is 2.21. The molecule has 0 radical (unpaired) electrons. The van der Waals surface area contributed by atoms with Crippen molar-refractivity contribution >= 4 is 5.91 Å². The first-order valence-corrected chi connectivity index (χ1v) is 9.66. The zero-order valence-electron chi connectivity index (χ0n) is 15.5. The van der Waals surface area contributed by atoms with Crippen molar-refractivity contribution in [3.63, 3.8) is 0 Å². The zero-order chi connectivity index (χ0) is 18.6. The van der Waals surface area contributed by atoms with Crippen LogP contribution >= 0.6 is 0 Å². The van der Waals surface area contributed by atoms with Crippen molar-refractivity contribution < 1.29 is 13.9 Å². The molecule has 4 nitrogen and oxygen atoms in total. The van der Waals surface area contributed by atoms with Gasteiger partial charge in [-0.25, -0.2) is 4.39 Å². The Hall–Kier alpha value is -2.40. The number of carbonyl (C=O) groups excluding carboxylic acids is 1. The van der Waals surface area contributed by atoms with Crippen LogP contribution in [0.1, 0.15) is 23.1 Å². The van der Waals surface area contributed by atoms with E-state index in [0.29, 0.717) is 12.8 Å². The largest absolute Gasteiger partial charge is 0.493 e. The van der Waals surface area contributed by atoms with E-state index < -0.39 is 0 Å². The molecule has 27 heavy (non-hydrogen) atoms. The first-order chi connectivity index (χ1) is 13.2. The van der Waals surface area contributed by atoms with Crippen LogP contribution in [0.4, 0.5) is 4.39 Å². The van der Waals surface area contributed by atoms with Crippen LogP contribution in [0.3, 0.4) is 0 Å². The van der Waals surface area contributed by atoms with E-state index in [9.17, 15) is 9.18 Å². The van der Waals surface area contributed by atoms with Gasteiger partial charge in [-0.05, 0) is 41.3 Å². The van der Waals surface area contributed by atoms with Gasteiger partial charge in [0.2, 0.25) is 5.91 Å². The van der Waals surface area contributed by atoms with Gasteiger partial charge < -0.3 is 9.64 Å². The van der Waals surface area contributed by atoms with E-state index in [2.05, 4.69) is 23.1 Å². The molecular formula is C22H25FN2O2. The Morgan fingerprint density at radius 3 is 2.52 bits per heavy atom. The minimum Gasteiger partial charge on any atom is -0.493 e. The van der Waals surface area contributed by atoms with Crippen molar-refractivity contribution in [2.45, 2.75) is 25.8 Å². The average Bonchev–Trinajstić information content (AvgIpc) is 3.16. The second-order valence-electron chi connectivity index (χ2n) is 7.32. The van der Waals surface area contributed by atoms with Gasteiger partial charge in [0.1, 0.15) is 11.6 Å². The molecule has 1 saturated heterocycles. The van der Waals surface area contributed by atoms with E-state index in [-0.39, 0.29) is 11.7 Å². The molecule has 0 aromatic heterocycles. The number of ether oxygens (including phenoxy) is 1. The summed E-state index contributed by atoms with van der Waals surface area (Å²) in [6, 6.07) is 12.9. The summed E-state index contributed by atoms with van der Waals surface area (Å²) in [5.41, 5.74) is 3.63. The molecule has 0 spiro atoms. The summed E-state index contributed by atoms with van der Waals surface area (Å²) in [5, 5.41) is 0. The summed E-state index contributed by atoms with van der Waals surface area (Å²) in [5.74, 6) is 0.973. The third kappa shape index (κ3) is 4.48. The molecule has 1 fully saturated rings. The summed E-state index contributed by atoms with van der Waals surface area (Å²) in [6.45, 7) is 5.06. The van der Waals surface area contributed by atoms with Crippen molar-refractivity contribution in [2.75, 3.05) is 32.8 Å². The summed E-state index contributed by atoms with van der Waals surface area (Å²) in [7, 11) is 0. The van der Waals surface area contributed by atoms with E-state index in [0.717, 1.165) is 57.1 Å². The van der Waals surface area contributed by atoms with Crippen LogP contribution in [0.5, 0.6) is 5.75 Å². The lowest BCUT2D eigenvalue weighted by molar-refractivity contribution is -0.133. The fourth-order valence-electron chi connectivity index (χ4n) is 3.81. The molecule has 0 aliphatic carbocycles. The van der Waals surface area contributed by atoms with Crippen LogP contribution < -0.4 is 4.74 Å². The molecule has 2 aromatic rings. The fourth-order valence-corrected chi connectivity index (χ4v) is 3.81. The molecule has 0 bridgehead atoms. The van der Waals surface area contributed by atoms with E-state index in [4.69, 9.17) is 4.74 Å². The van der Waals surface area contributed by atoms with Crippen molar-refractivity contribution in [1.82, 2.24) is 9.80 Å². The quantitative estimate of drug-likeness (QED) is 0.813. The van der Waals surface area contributed by atoms with Gasteiger partial charge in [0.05, 0.1) is 6.61 Å². The summed E-state index contributed by atoms with van der Waals surface area (Å²) in [6.07, 6.45) is 2.15. The van der Waals surface area contributed by atoms with Gasteiger partial charge in [0, 0.05) is 45.6 Å². The third-order valence-corrected chi connectivity index (χ3v) is 5.43. The van der Waals surface area contributed by atoms with E-state index in [1.807, 2.05) is 4.90 Å². The second kappa shape index (κ2) is 8.09. The number of hydrogen-bond donors (Lipinski definition) is 0. The van der Waals surface area contributed by atoms with Crippen molar-refractivity contribution in [1.29, 1.82) is 0 Å². The first kappa shape index (κ1) is 18.0. The predicted molar refractivity (Wildman–Crippen MR) is 102 cm³/mol. The van der Waals surface area contributed by atoms with Crippen LogP contribution in [0, 0.1) is 5.82 Å². The second-order valence-corrected chi connectivity index (χ2v) is 7.32. The Balaban J connectivity index is 1.23. The number of aryl methyl sites for hydroxylation is 1.